The first-order valence-corrected chi connectivity index (χ1v) is 7.79. The molecule has 0 bridgehead atoms. The van der Waals surface area contributed by atoms with Crippen molar-refractivity contribution in [3.8, 4) is 11.5 Å². The lowest BCUT2D eigenvalue weighted by Crippen LogP contribution is -2.09. The van der Waals surface area contributed by atoms with Crippen LogP contribution < -0.4 is 8.92 Å². The number of rotatable bonds is 6. The van der Waals surface area contributed by atoms with Gasteiger partial charge in [-0.15, -0.1) is 0 Å². The van der Waals surface area contributed by atoms with E-state index < -0.39 is 10.1 Å². The molecule has 0 aromatic heterocycles. The molecule has 0 heterocycles. The van der Waals surface area contributed by atoms with Crippen molar-refractivity contribution in [2.45, 2.75) is 4.90 Å². The summed E-state index contributed by atoms with van der Waals surface area (Å²) in [7, 11) is -2.80. The van der Waals surface area contributed by atoms with E-state index in [1.165, 1.54) is 55.7 Å². The van der Waals surface area contributed by atoms with Gasteiger partial charge in [0.1, 0.15) is 22.1 Å². The van der Waals surface area contributed by atoms with Crippen LogP contribution in [0.1, 0.15) is 0 Å². The summed E-state index contributed by atoms with van der Waals surface area (Å²) < 4.78 is 34.5. The Morgan fingerprint density at radius 1 is 0.958 bits per heavy atom. The maximum Gasteiger partial charge on any atom is 0.339 e. The van der Waals surface area contributed by atoms with E-state index in [1.54, 1.807) is 0 Å². The second-order valence-corrected chi connectivity index (χ2v) is 5.82. The van der Waals surface area contributed by atoms with Crippen molar-refractivity contribution in [1.29, 1.82) is 0 Å². The summed E-state index contributed by atoms with van der Waals surface area (Å²) in [5.41, 5.74) is 0.314. The van der Waals surface area contributed by atoms with Crippen molar-refractivity contribution in [2.75, 3.05) is 7.11 Å². The highest BCUT2D eigenvalue weighted by Crippen LogP contribution is 2.31. The van der Waals surface area contributed by atoms with E-state index in [0.717, 1.165) is 6.07 Å². The molecule has 0 saturated carbocycles. The Morgan fingerprint density at radius 3 is 2.21 bits per heavy atom. The zero-order chi connectivity index (χ0) is 17.6. The molecule has 2 aromatic rings. The molecule has 2 rings (SSSR count). The molecule has 0 unspecified atom stereocenters. The van der Waals surface area contributed by atoms with Crippen molar-refractivity contribution in [3.63, 3.8) is 0 Å². The first-order valence-electron chi connectivity index (χ1n) is 6.38. The van der Waals surface area contributed by atoms with Crippen LogP contribution in [0.5, 0.6) is 11.5 Å². The Bertz CT molecular complexity index is 940. The van der Waals surface area contributed by atoms with Gasteiger partial charge in [-0.1, -0.05) is 0 Å². The van der Waals surface area contributed by atoms with Gasteiger partial charge >= 0.3 is 10.1 Å². The lowest BCUT2D eigenvalue weighted by atomic mass is 10.3. The summed E-state index contributed by atoms with van der Waals surface area (Å²) >= 11 is 0. The summed E-state index contributed by atoms with van der Waals surface area (Å²) in [6.45, 7) is 0. The molecule has 0 saturated heterocycles. The predicted molar refractivity (Wildman–Crippen MR) is 82.8 cm³/mol. The number of hydrogen-bond donors (Lipinski definition) is 0. The molecular formula is C15H10N2O6S. The van der Waals surface area contributed by atoms with Gasteiger partial charge in [-0.2, -0.15) is 18.4 Å². The number of methoxy groups -OCH3 is 1. The van der Waals surface area contributed by atoms with Crippen molar-refractivity contribution in [1.82, 2.24) is 0 Å². The Labute approximate surface area is 137 Å². The fraction of sp³-hybridized carbons (Fsp3) is 0.0667. The number of isocyanates is 2. The molecule has 0 N–H and O–H groups in total. The first kappa shape index (κ1) is 17.1. The Balaban J connectivity index is 2.34. The second-order valence-electron chi connectivity index (χ2n) is 4.27. The molecule has 0 aliphatic carbocycles. The minimum absolute atomic E-state index is 0.00726. The van der Waals surface area contributed by atoms with Gasteiger partial charge in [0, 0.05) is 0 Å². The molecule has 8 nitrogen and oxygen atoms in total. The van der Waals surface area contributed by atoms with Crippen molar-refractivity contribution in [2.24, 2.45) is 9.98 Å². The lowest BCUT2D eigenvalue weighted by Gasteiger charge is -2.09. The topological polar surface area (TPSA) is 111 Å². The molecule has 122 valence electrons. The number of nitrogens with zero attached hydrogens (tertiary/aromatic N) is 2. The minimum Gasteiger partial charge on any atom is -0.494 e. The van der Waals surface area contributed by atoms with Crippen LogP contribution in [0.3, 0.4) is 0 Å². The highest BCUT2D eigenvalue weighted by atomic mass is 32.2. The fourth-order valence-corrected chi connectivity index (χ4v) is 2.72. The minimum atomic E-state index is -4.16. The molecule has 0 aliphatic rings. The highest BCUT2D eigenvalue weighted by molar-refractivity contribution is 7.87. The van der Waals surface area contributed by atoms with Crippen LogP contribution in [-0.2, 0) is 19.7 Å². The Morgan fingerprint density at radius 2 is 1.62 bits per heavy atom. The van der Waals surface area contributed by atoms with E-state index in [-0.39, 0.29) is 22.1 Å². The van der Waals surface area contributed by atoms with Crippen LogP contribution in [-0.4, -0.2) is 27.7 Å². The summed E-state index contributed by atoms with van der Waals surface area (Å²) in [6, 6.07) is 9.18. The SMILES string of the molecule is COc1ccc(S(=O)(=O)Oc2ccc(N=C=O)cc2)cc1N=C=O. The molecule has 0 aliphatic heterocycles. The molecule has 2 aromatic carbocycles. The van der Waals surface area contributed by atoms with Gasteiger partial charge < -0.3 is 8.92 Å². The zero-order valence-electron chi connectivity index (χ0n) is 12.3. The highest BCUT2D eigenvalue weighted by Gasteiger charge is 2.19. The largest absolute Gasteiger partial charge is 0.494 e. The van der Waals surface area contributed by atoms with Gasteiger partial charge in [0.15, 0.2) is 0 Å². The third kappa shape index (κ3) is 3.93. The zero-order valence-corrected chi connectivity index (χ0v) is 13.1. The molecule has 9 heteroatoms. The van der Waals surface area contributed by atoms with Crippen LogP contribution in [0, 0.1) is 0 Å². The molecule has 0 fully saturated rings. The van der Waals surface area contributed by atoms with Gasteiger partial charge in [0.05, 0.1) is 12.8 Å². The van der Waals surface area contributed by atoms with E-state index in [2.05, 4.69) is 9.98 Å². The standard InChI is InChI=1S/C15H10N2O6S/c1-22-15-7-6-13(8-14(15)17-10-19)24(20,21)23-12-4-2-11(3-5-12)16-9-18/h2-8H,1H3. The van der Waals surface area contributed by atoms with E-state index in [9.17, 15) is 18.0 Å². The van der Waals surface area contributed by atoms with Crippen LogP contribution in [0.4, 0.5) is 11.4 Å². The average molecular weight is 346 g/mol. The van der Waals surface area contributed by atoms with Crippen LogP contribution in [0.25, 0.3) is 0 Å². The number of hydrogen-bond acceptors (Lipinski definition) is 8. The number of ether oxygens (including phenoxy) is 1. The number of carbonyl (C=O) groups excluding carboxylic acids is 2. The smallest absolute Gasteiger partial charge is 0.339 e. The Hall–Kier alpha value is -3.25. The molecule has 24 heavy (non-hydrogen) atoms. The van der Waals surface area contributed by atoms with E-state index in [1.807, 2.05) is 0 Å². The fourth-order valence-electron chi connectivity index (χ4n) is 1.77. The van der Waals surface area contributed by atoms with E-state index in [0.29, 0.717) is 5.69 Å². The maximum atomic E-state index is 12.3. The van der Waals surface area contributed by atoms with Crippen molar-refractivity contribution < 1.29 is 26.9 Å². The van der Waals surface area contributed by atoms with Gasteiger partial charge in [0.25, 0.3) is 0 Å². The van der Waals surface area contributed by atoms with Gasteiger partial charge in [-0.25, -0.2) is 9.59 Å². The van der Waals surface area contributed by atoms with Gasteiger partial charge in [-0.3, -0.25) is 0 Å². The third-order valence-corrected chi connectivity index (χ3v) is 4.07. The van der Waals surface area contributed by atoms with Crippen LogP contribution >= 0.6 is 0 Å². The van der Waals surface area contributed by atoms with Crippen LogP contribution in [0.15, 0.2) is 57.3 Å². The second kappa shape index (κ2) is 7.34. The summed E-state index contributed by atoms with van der Waals surface area (Å²) in [4.78, 5) is 27.1. The maximum absolute atomic E-state index is 12.3. The summed E-state index contributed by atoms with van der Waals surface area (Å²) in [5, 5.41) is 0. The predicted octanol–water partition coefficient (Wildman–Crippen LogP) is 2.40. The number of benzene rings is 2. The van der Waals surface area contributed by atoms with Crippen molar-refractivity contribution in [3.05, 3.63) is 42.5 Å². The third-order valence-electron chi connectivity index (χ3n) is 2.82. The molecule has 0 radical (unpaired) electrons. The quantitative estimate of drug-likeness (QED) is 0.451. The van der Waals surface area contributed by atoms with E-state index >= 15 is 0 Å². The van der Waals surface area contributed by atoms with Gasteiger partial charge in [0.2, 0.25) is 12.2 Å². The molecule has 0 atom stereocenters. The average Bonchev–Trinajstić information content (AvgIpc) is 2.57. The molecule has 0 spiro atoms. The van der Waals surface area contributed by atoms with Crippen LogP contribution in [0.2, 0.25) is 0 Å². The lowest BCUT2D eigenvalue weighted by molar-refractivity contribution is 0.415. The summed E-state index contributed by atoms with van der Waals surface area (Å²) in [5.74, 6) is 0.240. The normalized spacial score (nSPS) is 10.2. The monoisotopic (exact) mass is 346 g/mol. The Kier molecular flexibility index (Phi) is 5.23. The van der Waals surface area contributed by atoms with Crippen molar-refractivity contribution >= 4 is 33.7 Å². The van der Waals surface area contributed by atoms with Gasteiger partial charge in [-0.05, 0) is 42.5 Å². The molecule has 0 amide bonds. The number of aliphatic imine (C=N–C) groups is 2. The summed E-state index contributed by atoms with van der Waals surface area (Å²) in [6.07, 6.45) is 2.69. The molecular weight excluding hydrogens is 336 g/mol. The van der Waals surface area contributed by atoms with E-state index in [4.69, 9.17) is 8.92 Å². The first-order chi connectivity index (χ1) is 11.5.